The van der Waals surface area contributed by atoms with Crippen LogP contribution < -0.4 is 10.6 Å². The summed E-state index contributed by atoms with van der Waals surface area (Å²) < 4.78 is 0. The van der Waals surface area contributed by atoms with Gasteiger partial charge >= 0.3 is 6.03 Å². The maximum absolute atomic E-state index is 11.6. The Morgan fingerprint density at radius 3 is 2.75 bits per heavy atom. The fraction of sp³-hybridized carbons (Fsp3) is 0.917. The van der Waals surface area contributed by atoms with Gasteiger partial charge < -0.3 is 15.7 Å². The predicted octanol–water partition coefficient (Wildman–Crippen LogP) is 1.64. The van der Waals surface area contributed by atoms with Gasteiger partial charge in [0.1, 0.15) is 0 Å². The number of urea groups is 1. The Morgan fingerprint density at radius 1 is 1.56 bits per heavy atom. The predicted molar refractivity (Wildman–Crippen MR) is 64.3 cm³/mol. The summed E-state index contributed by atoms with van der Waals surface area (Å²) in [7, 11) is 0. The molecule has 3 N–H and O–H groups in total. The number of rotatable bonds is 4. The molecule has 0 aromatic rings. The van der Waals surface area contributed by atoms with Crippen LogP contribution >= 0.6 is 0 Å². The maximum atomic E-state index is 11.6. The fourth-order valence-electron chi connectivity index (χ4n) is 2.20. The lowest BCUT2D eigenvalue weighted by Crippen LogP contribution is -2.46. The summed E-state index contributed by atoms with van der Waals surface area (Å²) in [6, 6.07) is 0.166. The van der Waals surface area contributed by atoms with Gasteiger partial charge in [0.25, 0.3) is 0 Å². The van der Waals surface area contributed by atoms with E-state index in [4.69, 9.17) is 5.11 Å². The van der Waals surface area contributed by atoms with E-state index < -0.39 is 0 Å². The average molecular weight is 228 g/mol. The van der Waals surface area contributed by atoms with Gasteiger partial charge in [0, 0.05) is 12.6 Å². The van der Waals surface area contributed by atoms with Crippen LogP contribution in [0, 0.1) is 5.41 Å². The number of hydrogen-bond acceptors (Lipinski definition) is 2. The van der Waals surface area contributed by atoms with Gasteiger partial charge in [0.15, 0.2) is 0 Å². The number of aliphatic hydroxyl groups is 1. The molecule has 1 rings (SSSR count). The van der Waals surface area contributed by atoms with Gasteiger partial charge in [0.2, 0.25) is 0 Å². The Kier molecular flexibility index (Phi) is 4.59. The van der Waals surface area contributed by atoms with Crippen molar-refractivity contribution < 1.29 is 9.90 Å². The molecule has 0 heterocycles. The Morgan fingerprint density at radius 2 is 2.25 bits per heavy atom. The van der Waals surface area contributed by atoms with E-state index in [0.717, 1.165) is 6.42 Å². The van der Waals surface area contributed by atoms with Gasteiger partial charge in [-0.05, 0) is 31.6 Å². The maximum Gasteiger partial charge on any atom is 0.315 e. The molecule has 1 saturated carbocycles. The van der Waals surface area contributed by atoms with Crippen LogP contribution in [0.4, 0.5) is 4.79 Å². The molecular formula is C12H24N2O2. The van der Waals surface area contributed by atoms with Crippen LogP contribution in [-0.4, -0.2) is 29.8 Å². The van der Waals surface area contributed by atoms with Crippen molar-refractivity contribution >= 4 is 6.03 Å². The van der Waals surface area contributed by atoms with Crippen molar-refractivity contribution in [3.8, 4) is 0 Å². The quantitative estimate of drug-likeness (QED) is 0.685. The van der Waals surface area contributed by atoms with E-state index in [1.54, 1.807) is 6.92 Å². The Balaban J connectivity index is 2.24. The monoisotopic (exact) mass is 228 g/mol. The van der Waals surface area contributed by atoms with Gasteiger partial charge in [-0.15, -0.1) is 0 Å². The van der Waals surface area contributed by atoms with Crippen molar-refractivity contribution in [1.82, 2.24) is 10.6 Å². The van der Waals surface area contributed by atoms with E-state index in [0.29, 0.717) is 13.0 Å². The molecule has 0 radical (unpaired) electrons. The molecule has 0 aromatic carbocycles. The molecule has 0 aromatic heterocycles. The van der Waals surface area contributed by atoms with E-state index in [2.05, 4.69) is 24.5 Å². The van der Waals surface area contributed by atoms with Crippen LogP contribution in [0.25, 0.3) is 0 Å². The molecule has 1 aliphatic carbocycles. The van der Waals surface area contributed by atoms with Crippen LogP contribution in [0.3, 0.4) is 0 Å². The van der Waals surface area contributed by atoms with Crippen LogP contribution in [0.2, 0.25) is 0 Å². The van der Waals surface area contributed by atoms with Crippen molar-refractivity contribution in [2.24, 2.45) is 5.41 Å². The summed E-state index contributed by atoms with van der Waals surface area (Å²) in [5.74, 6) is 0. The first-order chi connectivity index (χ1) is 7.42. The van der Waals surface area contributed by atoms with Gasteiger partial charge in [-0.2, -0.15) is 0 Å². The summed E-state index contributed by atoms with van der Waals surface area (Å²) in [4.78, 5) is 11.6. The van der Waals surface area contributed by atoms with Crippen molar-refractivity contribution in [3.05, 3.63) is 0 Å². The van der Waals surface area contributed by atoms with Crippen LogP contribution in [-0.2, 0) is 0 Å². The van der Waals surface area contributed by atoms with Crippen LogP contribution in [0.15, 0.2) is 0 Å². The first-order valence-electron chi connectivity index (χ1n) is 6.14. The smallest absolute Gasteiger partial charge is 0.315 e. The Hall–Kier alpha value is -0.770. The molecule has 2 amide bonds. The molecule has 0 bridgehead atoms. The molecule has 0 aliphatic heterocycles. The first kappa shape index (κ1) is 13.3. The minimum absolute atomic E-state index is 0.111. The normalized spacial score (nSPS) is 25.1. The van der Waals surface area contributed by atoms with Crippen molar-refractivity contribution in [2.45, 2.75) is 58.6 Å². The van der Waals surface area contributed by atoms with Crippen molar-refractivity contribution in [2.75, 3.05) is 6.54 Å². The summed E-state index contributed by atoms with van der Waals surface area (Å²) in [5, 5.41) is 14.8. The molecule has 1 aliphatic rings. The standard InChI is InChI=1S/C12H24N2O2/c1-9(15)6-8-13-11(16)14-10-5-4-7-12(10,2)3/h9-10,15H,4-8H2,1-3H3,(H2,13,14,16). The average Bonchev–Trinajstić information content (AvgIpc) is 2.45. The fourth-order valence-corrected chi connectivity index (χ4v) is 2.20. The molecule has 2 atom stereocenters. The number of aliphatic hydroxyl groups excluding tert-OH is 1. The molecule has 0 saturated heterocycles. The topological polar surface area (TPSA) is 61.4 Å². The number of hydrogen-bond donors (Lipinski definition) is 3. The second-order valence-electron chi connectivity index (χ2n) is 5.47. The lowest BCUT2D eigenvalue weighted by Gasteiger charge is -2.27. The van der Waals surface area contributed by atoms with Gasteiger partial charge in [0.05, 0.1) is 6.10 Å². The number of nitrogens with one attached hydrogen (secondary N) is 2. The van der Waals surface area contributed by atoms with Crippen molar-refractivity contribution in [1.29, 1.82) is 0 Å². The zero-order valence-corrected chi connectivity index (χ0v) is 10.5. The third-order valence-corrected chi connectivity index (χ3v) is 3.41. The third kappa shape index (κ3) is 4.00. The van der Waals surface area contributed by atoms with E-state index in [1.807, 2.05) is 0 Å². The SMILES string of the molecule is CC(O)CCNC(=O)NC1CCCC1(C)C. The second-order valence-corrected chi connectivity index (χ2v) is 5.47. The summed E-state index contributed by atoms with van der Waals surface area (Å²) in [5.41, 5.74) is 0.210. The van der Waals surface area contributed by atoms with E-state index >= 15 is 0 Å². The van der Waals surface area contributed by atoms with Crippen molar-refractivity contribution in [3.63, 3.8) is 0 Å². The summed E-state index contributed by atoms with van der Waals surface area (Å²) >= 11 is 0. The van der Waals surface area contributed by atoms with Crippen LogP contribution in [0.1, 0.15) is 46.5 Å². The molecular weight excluding hydrogens is 204 g/mol. The van der Waals surface area contributed by atoms with E-state index in [1.165, 1.54) is 12.8 Å². The lowest BCUT2D eigenvalue weighted by molar-refractivity contribution is 0.182. The highest BCUT2D eigenvalue weighted by Gasteiger charge is 2.35. The highest BCUT2D eigenvalue weighted by molar-refractivity contribution is 5.74. The second kappa shape index (κ2) is 5.53. The molecule has 2 unspecified atom stereocenters. The molecule has 4 heteroatoms. The van der Waals surface area contributed by atoms with Crippen LogP contribution in [0.5, 0.6) is 0 Å². The zero-order valence-electron chi connectivity index (χ0n) is 10.5. The Labute approximate surface area is 97.8 Å². The molecule has 16 heavy (non-hydrogen) atoms. The highest BCUT2D eigenvalue weighted by atomic mass is 16.3. The Bertz CT molecular complexity index is 239. The highest BCUT2D eigenvalue weighted by Crippen LogP contribution is 2.36. The minimum atomic E-state index is -0.358. The number of amides is 2. The first-order valence-corrected chi connectivity index (χ1v) is 6.14. The number of carbonyl (C=O) groups excluding carboxylic acids is 1. The van der Waals surface area contributed by atoms with Gasteiger partial charge in [-0.25, -0.2) is 4.79 Å². The molecule has 0 spiro atoms. The molecule has 94 valence electrons. The van der Waals surface area contributed by atoms with E-state index in [9.17, 15) is 4.79 Å². The van der Waals surface area contributed by atoms with Gasteiger partial charge in [-0.3, -0.25) is 0 Å². The summed E-state index contributed by atoms with van der Waals surface area (Å²) in [6.45, 7) is 6.64. The lowest BCUT2D eigenvalue weighted by atomic mass is 9.87. The largest absolute Gasteiger partial charge is 0.393 e. The molecule has 4 nitrogen and oxygen atoms in total. The third-order valence-electron chi connectivity index (χ3n) is 3.41. The van der Waals surface area contributed by atoms with E-state index in [-0.39, 0.29) is 23.6 Å². The zero-order chi connectivity index (χ0) is 12.2. The van der Waals surface area contributed by atoms with Gasteiger partial charge in [-0.1, -0.05) is 20.3 Å². The number of carbonyl (C=O) groups is 1. The summed E-state index contributed by atoms with van der Waals surface area (Å²) in [6.07, 6.45) is 3.67. The minimum Gasteiger partial charge on any atom is -0.393 e. The molecule has 1 fully saturated rings.